The van der Waals surface area contributed by atoms with Gasteiger partial charge in [-0.05, 0) is 44.9 Å². The Kier molecular flexibility index (Phi) is 59.9. The van der Waals surface area contributed by atoms with E-state index in [0.29, 0.717) is 23.9 Å². The molecular formula is C69H135NO8P+. The van der Waals surface area contributed by atoms with Crippen LogP contribution in [0.15, 0.2) is 24.3 Å². The van der Waals surface area contributed by atoms with Crippen molar-refractivity contribution in [1.82, 2.24) is 0 Å². The molecule has 0 aromatic rings. The molecule has 468 valence electrons. The Balaban J connectivity index is 3.82. The predicted molar refractivity (Wildman–Crippen MR) is 340 cm³/mol. The molecule has 2 unspecified atom stereocenters. The van der Waals surface area contributed by atoms with Crippen LogP contribution in [0, 0.1) is 0 Å². The molecule has 0 spiro atoms. The minimum atomic E-state index is -4.39. The zero-order chi connectivity index (χ0) is 57.7. The second kappa shape index (κ2) is 61.1. The van der Waals surface area contributed by atoms with Gasteiger partial charge in [-0.15, -0.1) is 0 Å². The van der Waals surface area contributed by atoms with Crippen molar-refractivity contribution in [2.24, 2.45) is 0 Å². The van der Waals surface area contributed by atoms with Crippen LogP contribution in [0.4, 0.5) is 0 Å². The fraction of sp³-hybridized carbons (Fsp3) is 0.913. The summed E-state index contributed by atoms with van der Waals surface area (Å²) in [6.07, 6.45) is 76.1. The van der Waals surface area contributed by atoms with Gasteiger partial charge in [-0.25, -0.2) is 4.57 Å². The SMILES string of the molecule is CCCCC/C=C\C/C=C\CCCCCCCC(=O)OC(COC(=O)CCCCCCCCCCCCCCCCCCCCCCCCCCCCCCCCCCCCCCCCCC)COP(=O)(O)OCC[N+](C)(C)C. The molecule has 0 radical (unpaired) electrons. The average molecular weight is 1140 g/mol. The number of phosphoric acid groups is 1. The van der Waals surface area contributed by atoms with E-state index in [1.165, 1.54) is 263 Å². The van der Waals surface area contributed by atoms with Crippen molar-refractivity contribution in [3.8, 4) is 0 Å². The lowest BCUT2D eigenvalue weighted by Crippen LogP contribution is -2.37. The molecule has 9 nitrogen and oxygen atoms in total. The number of hydrogen-bond donors (Lipinski definition) is 1. The predicted octanol–water partition coefficient (Wildman–Crippen LogP) is 22.1. The number of hydrogen-bond acceptors (Lipinski definition) is 7. The lowest BCUT2D eigenvalue weighted by Gasteiger charge is -2.24. The summed E-state index contributed by atoms with van der Waals surface area (Å²) in [5, 5.41) is 0. The first-order valence-electron chi connectivity index (χ1n) is 34.6. The molecule has 0 aliphatic carbocycles. The summed E-state index contributed by atoms with van der Waals surface area (Å²) in [6, 6.07) is 0. The Morgan fingerprint density at radius 2 is 0.684 bits per heavy atom. The summed E-state index contributed by atoms with van der Waals surface area (Å²) in [4.78, 5) is 35.7. The summed E-state index contributed by atoms with van der Waals surface area (Å²) in [5.41, 5.74) is 0. The molecule has 0 rings (SSSR count). The van der Waals surface area contributed by atoms with E-state index < -0.39 is 26.5 Å². The fourth-order valence-corrected chi connectivity index (χ4v) is 11.1. The summed E-state index contributed by atoms with van der Waals surface area (Å²) in [5.74, 6) is -0.797. The largest absolute Gasteiger partial charge is 0.472 e. The number of carbonyl (C=O) groups excluding carboxylic acids is 2. The van der Waals surface area contributed by atoms with Crippen molar-refractivity contribution in [1.29, 1.82) is 0 Å². The van der Waals surface area contributed by atoms with Crippen molar-refractivity contribution in [3.63, 3.8) is 0 Å². The third-order valence-electron chi connectivity index (χ3n) is 15.7. The van der Waals surface area contributed by atoms with Gasteiger partial charge in [0.1, 0.15) is 19.8 Å². The fourth-order valence-electron chi connectivity index (χ4n) is 10.4. The van der Waals surface area contributed by atoms with Crippen LogP contribution in [0.25, 0.3) is 0 Å². The number of esters is 2. The molecule has 2 atom stereocenters. The Morgan fingerprint density at radius 1 is 0.392 bits per heavy atom. The molecule has 10 heteroatoms. The van der Waals surface area contributed by atoms with E-state index in [0.717, 1.165) is 57.8 Å². The van der Waals surface area contributed by atoms with E-state index >= 15 is 0 Å². The first kappa shape index (κ1) is 77.5. The molecule has 0 aromatic carbocycles. The molecule has 0 fully saturated rings. The van der Waals surface area contributed by atoms with Crippen molar-refractivity contribution in [2.75, 3.05) is 47.5 Å². The van der Waals surface area contributed by atoms with E-state index in [2.05, 4.69) is 38.2 Å². The highest BCUT2D eigenvalue weighted by Gasteiger charge is 2.27. The molecular weight excluding hydrogens is 1000 g/mol. The number of unbranched alkanes of at least 4 members (excludes halogenated alkanes) is 47. The quantitative estimate of drug-likeness (QED) is 0.0211. The third-order valence-corrected chi connectivity index (χ3v) is 16.7. The molecule has 0 aromatic heterocycles. The van der Waals surface area contributed by atoms with Gasteiger partial charge in [0.2, 0.25) is 0 Å². The monoisotopic (exact) mass is 1140 g/mol. The highest BCUT2D eigenvalue weighted by Crippen LogP contribution is 2.43. The van der Waals surface area contributed by atoms with E-state index in [1.807, 2.05) is 21.1 Å². The van der Waals surface area contributed by atoms with Crippen LogP contribution in [0.1, 0.15) is 354 Å². The number of rotatable bonds is 65. The van der Waals surface area contributed by atoms with Crippen molar-refractivity contribution < 1.29 is 42.1 Å². The molecule has 0 amide bonds. The van der Waals surface area contributed by atoms with Gasteiger partial charge in [-0.1, -0.05) is 321 Å². The summed E-state index contributed by atoms with van der Waals surface area (Å²) < 4.78 is 34.6. The van der Waals surface area contributed by atoms with Crippen molar-refractivity contribution in [3.05, 3.63) is 24.3 Å². The first-order chi connectivity index (χ1) is 38.5. The van der Waals surface area contributed by atoms with Gasteiger partial charge < -0.3 is 18.9 Å². The van der Waals surface area contributed by atoms with Gasteiger partial charge in [0.15, 0.2) is 6.10 Å². The molecule has 0 heterocycles. The van der Waals surface area contributed by atoms with Gasteiger partial charge in [0.25, 0.3) is 0 Å². The summed E-state index contributed by atoms with van der Waals surface area (Å²) in [6.45, 7) is 4.44. The van der Waals surface area contributed by atoms with Crippen LogP contribution in [-0.2, 0) is 32.7 Å². The van der Waals surface area contributed by atoms with Crippen LogP contribution in [0.3, 0.4) is 0 Å². The molecule has 0 aliphatic heterocycles. The van der Waals surface area contributed by atoms with Crippen LogP contribution < -0.4 is 0 Å². The Hall–Kier alpha value is -1.51. The maximum Gasteiger partial charge on any atom is 0.472 e. The highest BCUT2D eigenvalue weighted by atomic mass is 31.2. The number of carbonyl (C=O) groups is 2. The smallest absolute Gasteiger partial charge is 0.462 e. The highest BCUT2D eigenvalue weighted by molar-refractivity contribution is 7.47. The molecule has 0 bridgehead atoms. The minimum absolute atomic E-state index is 0.0311. The van der Waals surface area contributed by atoms with Crippen LogP contribution in [0.5, 0.6) is 0 Å². The maximum absolute atomic E-state index is 12.8. The average Bonchev–Trinajstić information content (AvgIpc) is 3.41. The molecule has 0 aliphatic rings. The molecule has 79 heavy (non-hydrogen) atoms. The second-order valence-electron chi connectivity index (χ2n) is 24.9. The minimum Gasteiger partial charge on any atom is -0.462 e. The lowest BCUT2D eigenvalue weighted by atomic mass is 10.0. The van der Waals surface area contributed by atoms with Gasteiger partial charge in [-0.2, -0.15) is 0 Å². The maximum atomic E-state index is 12.8. The number of allylic oxidation sites excluding steroid dienone is 4. The van der Waals surface area contributed by atoms with E-state index in [9.17, 15) is 19.0 Å². The number of phosphoric ester groups is 1. The topological polar surface area (TPSA) is 108 Å². The van der Waals surface area contributed by atoms with Crippen LogP contribution >= 0.6 is 7.82 Å². The van der Waals surface area contributed by atoms with Crippen molar-refractivity contribution >= 4 is 19.8 Å². The van der Waals surface area contributed by atoms with E-state index in [1.54, 1.807) is 0 Å². The Bertz CT molecular complexity index is 1380. The summed E-state index contributed by atoms with van der Waals surface area (Å²) >= 11 is 0. The van der Waals surface area contributed by atoms with Gasteiger partial charge >= 0.3 is 19.8 Å². The van der Waals surface area contributed by atoms with Crippen LogP contribution in [-0.4, -0.2) is 74.9 Å². The Morgan fingerprint density at radius 3 is 1.03 bits per heavy atom. The molecule has 1 N–H and O–H groups in total. The van der Waals surface area contributed by atoms with E-state index in [-0.39, 0.29) is 25.6 Å². The van der Waals surface area contributed by atoms with Gasteiger partial charge in [0.05, 0.1) is 27.7 Å². The standard InChI is InChI=1S/C69H134NO8P/c1-6-8-10-12-14-16-18-20-22-23-24-25-26-27-28-29-30-31-32-33-34-35-36-37-38-39-40-41-42-43-44-45-46-48-49-51-53-55-57-59-61-68(71)75-65-67(66-77-79(73,74)76-64-63-70(3,4)5)78-69(72)62-60-58-56-54-52-50-47-21-19-17-15-13-11-9-7-2/h15,17,21,47,67H,6-14,16,18-20,22-46,48-66H2,1-5H3/p+1/b17-15-,47-21-. The van der Waals surface area contributed by atoms with E-state index in [4.69, 9.17) is 18.5 Å². The number of ether oxygens (including phenoxy) is 2. The lowest BCUT2D eigenvalue weighted by molar-refractivity contribution is -0.870. The third kappa shape index (κ3) is 65.5. The first-order valence-corrected chi connectivity index (χ1v) is 36.1. The summed E-state index contributed by atoms with van der Waals surface area (Å²) in [7, 11) is 1.48. The van der Waals surface area contributed by atoms with Crippen LogP contribution in [0.2, 0.25) is 0 Å². The molecule has 0 saturated heterocycles. The zero-order valence-electron chi connectivity index (χ0n) is 53.4. The second-order valence-corrected chi connectivity index (χ2v) is 26.4. The number of nitrogens with zero attached hydrogens (tertiary/aromatic N) is 1. The molecule has 0 saturated carbocycles. The van der Waals surface area contributed by atoms with Gasteiger partial charge in [-0.3, -0.25) is 18.6 Å². The zero-order valence-corrected chi connectivity index (χ0v) is 54.3. The van der Waals surface area contributed by atoms with Crippen molar-refractivity contribution in [2.45, 2.75) is 360 Å². The Labute approximate surface area is 491 Å². The normalized spacial score (nSPS) is 13.2. The number of likely N-dealkylation sites (N-methyl/N-ethyl adjacent to an activating group) is 1. The van der Waals surface area contributed by atoms with Gasteiger partial charge in [0, 0.05) is 12.8 Å². The number of quaternary nitrogens is 1.